The summed E-state index contributed by atoms with van der Waals surface area (Å²) in [6.07, 6.45) is 3.46. The van der Waals surface area contributed by atoms with Gasteiger partial charge >= 0.3 is 0 Å². The SMILES string of the molecule is Cc1cc(C)n2nc(C(=O)NCC3(O)CCCC3)nc2n1. The minimum absolute atomic E-state index is 0.0813. The first-order chi connectivity index (χ1) is 9.97. The highest BCUT2D eigenvalue weighted by atomic mass is 16.3. The van der Waals surface area contributed by atoms with Crippen LogP contribution in [-0.2, 0) is 0 Å². The van der Waals surface area contributed by atoms with Gasteiger partial charge in [0.2, 0.25) is 5.82 Å². The number of nitrogens with zero attached hydrogens (tertiary/aromatic N) is 4. The van der Waals surface area contributed by atoms with Crippen LogP contribution in [0.2, 0.25) is 0 Å². The van der Waals surface area contributed by atoms with Crippen molar-refractivity contribution in [3.63, 3.8) is 0 Å². The zero-order chi connectivity index (χ0) is 15.0. The van der Waals surface area contributed by atoms with Crippen LogP contribution in [0.4, 0.5) is 0 Å². The molecular formula is C14H19N5O2. The zero-order valence-electron chi connectivity index (χ0n) is 12.3. The summed E-state index contributed by atoms with van der Waals surface area (Å²) in [6, 6.07) is 1.88. The fourth-order valence-electron chi connectivity index (χ4n) is 2.80. The summed E-state index contributed by atoms with van der Waals surface area (Å²) < 4.78 is 1.55. The number of carbonyl (C=O) groups excluding carboxylic acids is 1. The number of hydrogen-bond acceptors (Lipinski definition) is 5. The quantitative estimate of drug-likeness (QED) is 0.871. The van der Waals surface area contributed by atoms with E-state index in [-0.39, 0.29) is 18.3 Å². The summed E-state index contributed by atoms with van der Waals surface area (Å²) in [5, 5.41) is 17.1. The molecule has 112 valence electrons. The summed E-state index contributed by atoms with van der Waals surface area (Å²) in [6.45, 7) is 4.00. The molecule has 2 N–H and O–H groups in total. The van der Waals surface area contributed by atoms with Crippen molar-refractivity contribution in [1.82, 2.24) is 24.9 Å². The van der Waals surface area contributed by atoms with Crippen molar-refractivity contribution in [2.45, 2.75) is 45.1 Å². The highest BCUT2D eigenvalue weighted by molar-refractivity contribution is 5.90. The van der Waals surface area contributed by atoms with Gasteiger partial charge in [-0.1, -0.05) is 12.8 Å². The number of carbonyl (C=O) groups is 1. The van der Waals surface area contributed by atoms with E-state index in [1.165, 1.54) is 0 Å². The van der Waals surface area contributed by atoms with Crippen molar-refractivity contribution in [3.8, 4) is 0 Å². The molecule has 0 saturated heterocycles. The first-order valence-electron chi connectivity index (χ1n) is 7.18. The van der Waals surface area contributed by atoms with Gasteiger partial charge in [0.1, 0.15) is 0 Å². The van der Waals surface area contributed by atoms with Crippen LogP contribution in [0.1, 0.15) is 47.7 Å². The van der Waals surface area contributed by atoms with E-state index < -0.39 is 5.60 Å². The molecule has 0 unspecified atom stereocenters. The Labute approximate surface area is 122 Å². The second-order valence-corrected chi connectivity index (χ2v) is 5.80. The maximum atomic E-state index is 12.1. The molecule has 0 spiro atoms. The largest absolute Gasteiger partial charge is 0.388 e. The van der Waals surface area contributed by atoms with Gasteiger partial charge < -0.3 is 10.4 Å². The van der Waals surface area contributed by atoms with Crippen LogP contribution >= 0.6 is 0 Å². The van der Waals surface area contributed by atoms with Crippen molar-refractivity contribution < 1.29 is 9.90 Å². The molecule has 0 bridgehead atoms. The molecule has 0 radical (unpaired) electrons. The van der Waals surface area contributed by atoms with Gasteiger partial charge in [0.25, 0.3) is 11.7 Å². The number of rotatable bonds is 3. The van der Waals surface area contributed by atoms with Gasteiger partial charge in [-0.15, -0.1) is 5.10 Å². The van der Waals surface area contributed by atoms with Gasteiger partial charge in [-0.2, -0.15) is 4.98 Å². The summed E-state index contributed by atoms with van der Waals surface area (Å²) >= 11 is 0. The predicted molar refractivity (Wildman–Crippen MR) is 76.0 cm³/mol. The maximum Gasteiger partial charge on any atom is 0.291 e. The molecule has 1 saturated carbocycles. The van der Waals surface area contributed by atoms with Gasteiger partial charge in [0.15, 0.2) is 0 Å². The maximum absolute atomic E-state index is 12.1. The lowest BCUT2D eigenvalue weighted by Crippen LogP contribution is -2.41. The molecule has 1 fully saturated rings. The summed E-state index contributed by atoms with van der Waals surface area (Å²) in [7, 11) is 0. The third-order valence-electron chi connectivity index (χ3n) is 3.93. The smallest absolute Gasteiger partial charge is 0.291 e. The standard InChI is InChI=1S/C14H19N5O2/c1-9-7-10(2)19-13(16-9)17-11(18-19)12(20)15-8-14(21)5-3-4-6-14/h7,21H,3-6,8H2,1-2H3,(H,15,20). The molecule has 7 nitrogen and oxygen atoms in total. The highest BCUT2D eigenvalue weighted by Gasteiger charge is 2.31. The Balaban J connectivity index is 1.77. The third kappa shape index (κ3) is 2.73. The summed E-state index contributed by atoms with van der Waals surface area (Å²) in [5.74, 6) is 0.118. The van der Waals surface area contributed by atoms with Crippen LogP contribution in [-0.4, -0.2) is 42.7 Å². The second-order valence-electron chi connectivity index (χ2n) is 5.80. The summed E-state index contributed by atoms with van der Waals surface area (Å²) in [4.78, 5) is 20.5. The number of fused-ring (bicyclic) bond motifs is 1. The summed E-state index contributed by atoms with van der Waals surface area (Å²) in [5.41, 5.74) is 0.928. The van der Waals surface area contributed by atoms with Gasteiger partial charge in [-0.05, 0) is 32.8 Å². The average molecular weight is 289 g/mol. The lowest BCUT2D eigenvalue weighted by atomic mass is 10.0. The van der Waals surface area contributed by atoms with Crippen molar-refractivity contribution in [2.75, 3.05) is 6.54 Å². The van der Waals surface area contributed by atoms with Crippen LogP contribution in [0.5, 0.6) is 0 Å². The van der Waals surface area contributed by atoms with Gasteiger partial charge in [-0.25, -0.2) is 9.50 Å². The molecule has 7 heteroatoms. The first-order valence-corrected chi connectivity index (χ1v) is 7.18. The van der Waals surface area contributed by atoms with E-state index in [2.05, 4.69) is 20.4 Å². The van der Waals surface area contributed by atoms with Crippen LogP contribution in [0.3, 0.4) is 0 Å². The fraction of sp³-hybridized carbons (Fsp3) is 0.571. The number of nitrogens with one attached hydrogen (secondary N) is 1. The highest BCUT2D eigenvalue weighted by Crippen LogP contribution is 2.28. The van der Waals surface area contributed by atoms with Crippen LogP contribution in [0.25, 0.3) is 5.78 Å². The van der Waals surface area contributed by atoms with E-state index in [4.69, 9.17) is 0 Å². The molecule has 0 atom stereocenters. The Hall–Kier alpha value is -2.02. The van der Waals surface area contributed by atoms with Crippen molar-refractivity contribution in [1.29, 1.82) is 0 Å². The molecule has 2 heterocycles. The zero-order valence-corrected chi connectivity index (χ0v) is 12.3. The monoisotopic (exact) mass is 289 g/mol. The van der Waals surface area contributed by atoms with Crippen LogP contribution < -0.4 is 5.32 Å². The predicted octanol–water partition coefficient (Wildman–Crippen LogP) is 0.776. The van der Waals surface area contributed by atoms with Crippen molar-refractivity contribution in [3.05, 3.63) is 23.3 Å². The Morgan fingerprint density at radius 3 is 2.81 bits per heavy atom. The number of hydrogen-bond donors (Lipinski definition) is 2. The number of amides is 1. The Bertz CT molecular complexity index is 688. The van der Waals surface area contributed by atoms with Crippen molar-refractivity contribution in [2.24, 2.45) is 0 Å². The number of aromatic nitrogens is 4. The molecule has 1 amide bonds. The second kappa shape index (κ2) is 5.07. The average Bonchev–Trinajstić information content (AvgIpc) is 3.03. The molecular weight excluding hydrogens is 270 g/mol. The Morgan fingerprint density at radius 1 is 1.38 bits per heavy atom. The van der Waals surface area contributed by atoms with Crippen LogP contribution in [0.15, 0.2) is 6.07 Å². The van der Waals surface area contributed by atoms with E-state index in [1.54, 1.807) is 4.52 Å². The lowest BCUT2D eigenvalue weighted by molar-refractivity contribution is 0.0447. The molecule has 21 heavy (non-hydrogen) atoms. The normalized spacial score (nSPS) is 17.3. The Morgan fingerprint density at radius 2 is 2.10 bits per heavy atom. The minimum atomic E-state index is -0.778. The van der Waals surface area contributed by atoms with Crippen molar-refractivity contribution >= 4 is 11.7 Å². The molecule has 1 aliphatic rings. The molecule has 3 rings (SSSR count). The lowest BCUT2D eigenvalue weighted by Gasteiger charge is -2.21. The number of aryl methyl sites for hydroxylation is 2. The minimum Gasteiger partial charge on any atom is -0.388 e. The Kier molecular flexibility index (Phi) is 3.36. The van der Waals surface area contributed by atoms with Gasteiger partial charge in [0.05, 0.1) is 5.60 Å². The van der Waals surface area contributed by atoms with Gasteiger partial charge in [-0.3, -0.25) is 4.79 Å². The van der Waals surface area contributed by atoms with Gasteiger partial charge in [0, 0.05) is 17.9 Å². The number of aliphatic hydroxyl groups is 1. The van der Waals surface area contributed by atoms with E-state index >= 15 is 0 Å². The topological polar surface area (TPSA) is 92.4 Å². The van der Waals surface area contributed by atoms with E-state index in [0.29, 0.717) is 5.78 Å². The fourth-order valence-corrected chi connectivity index (χ4v) is 2.80. The molecule has 0 aliphatic heterocycles. The van der Waals surface area contributed by atoms with E-state index in [0.717, 1.165) is 37.1 Å². The molecule has 2 aromatic rings. The molecule has 1 aliphatic carbocycles. The third-order valence-corrected chi connectivity index (χ3v) is 3.93. The molecule has 0 aromatic carbocycles. The van der Waals surface area contributed by atoms with E-state index in [9.17, 15) is 9.90 Å². The molecule has 2 aromatic heterocycles. The van der Waals surface area contributed by atoms with E-state index in [1.807, 2.05) is 19.9 Å². The van der Waals surface area contributed by atoms with Crippen LogP contribution in [0, 0.1) is 13.8 Å². The first kappa shape index (κ1) is 13.9.